The molecular weight excluding hydrogens is 358 g/mol. The van der Waals surface area contributed by atoms with Gasteiger partial charge in [-0.3, -0.25) is 9.59 Å². The number of piperidine rings is 1. The van der Waals surface area contributed by atoms with Crippen molar-refractivity contribution < 1.29 is 24.5 Å². The Kier molecular flexibility index (Phi) is 3.41. The number of aromatic hydroxyl groups is 2. The Bertz CT molecular complexity index is 952. The van der Waals surface area contributed by atoms with Gasteiger partial charge < -0.3 is 19.8 Å². The number of carbonyl (C=O) groups is 2. The number of hydrogen-bond acceptors (Lipinski definition) is 6. The third-order valence-corrected chi connectivity index (χ3v) is 7.84. The summed E-state index contributed by atoms with van der Waals surface area (Å²) in [5.74, 6) is -0.0635. The van der Waals surface area contributed by atoms with Crippen LogP contribution in [0.15, 0.2) is 24.0 Å². The third kappa shape index (κ3) is 1.87. The number of allylic oxidation sites excluding steroid dienone is 1. The molecular formula is C22H25NO5. The van der Waals surface area contributed by atoms with Crippen LogP contribution in [0.5, 0.6) is 11.5 Å². The van der Waals surface area contributed by atoms with Gasteiger partial charge in [-0.1, -0.05) is 6.07 Å². The van der Waals surface area contributed by atoms with Gasteiger partial charge in [0.05, 0.1) is 7.11 Å². The molecule has 1 aromatic carbocycles. The Morgan fingerprint density at radius 2 is 2.07 bits per heavy atom. The lowest BCUT2D eigenvalue weighted by molar-refractivity contribution is -0.124. The molecule has 2 fully saturated rings. The van der Waals surface area contributed by atoms with E-state index >= 15 is 0 Å². The van der Waals surface area contributed by atoms with Crippen LogP contribution in [0.2, 0.25) is 0 Å². The fraction of sp³-hybridized carbons (Fsp3) is 0.545. The second kappa shape index (κ2) is 5.38. The van der Waals surface area contributed by atoms with E-state index < -0.39 is 10.8 Å². The third-order valence-electron chi connectivity index (χ3n) is 7.84. The average molecular weight is 383 g/mol. The summed E-state index contributed by atoms with van der Waals surface area (Å²) in [6.45, 7) is 2.40. The molecule has 0 radical (unpaired) electrons. The van der Waals surface area contributed by atoms with Crippen LogP contribution < -0.4 is 0 Å². The van der Waals surface area contributed by atoms with Crippen LogP contribution in [0, 0.1) is 11.8 Å². The van der Waals surface area contributed by atoms with Crippen LogP contribution in [0.25, 0.3) is 0 Å². The van der Waals surface area contributed by atoms with Gasteiger partial charge in [-0.05, 0) is 51.1 Å². The Hall–Kier alpha value is -2.34. The van der Waals surface area contributed by atoms with Gasteiger partial charge in [0.15, 0.2) is 23.0 Å². The Morgan fingerprint density at radius 1 is 1.32 bits per heavy atom. The summed E-state index contributed by atoms with van der Waals surface area (Å²) in [7, 11) is 3.58. The van der Waals surface area contributed by atoms with E-state index in [4.69, 9.17) is 4.74 Å². The van der Waals surface area contributed by atoms with Crippen molar-refractivity contribution in [1.29, 1.82) is 0 Å². The van der Waals surface area contributed by atoms with Crippen molar-refractivity contribution in [2.24, 2.45) is 11.8 Å². The highest BCUT2D eigenvalue weighted by molar-refractivity contribution is 5.96. The van der Waals surface area contributed by atoms with Gasteiger partial charge in [0.25, 0.3) is 0 Å². The van der Waals surface area contributed by atoms with Crippen LogP contribution in [-0.4, -0.2) is 53.4 Å². The molecule has 1 aliphatic heterocycles. The molecule has 148 valence electrons. The first-order valence-electron chi connectivity index (χ1n) is 9.83. The van der Waals surface area contributed by atoms with Gasteiger partial charge in [-0.25, -0.2) is 0 Å². The molecule has 5 atom stereocenters. The van der Waals surface area contributed by atoms with Crippen molar-refractivity contribution in [2.75, 3.05) is 20.7 Å². The number of rotatable bonds is 2. The average Bonchev–Trinajstić information content (AvgIpc) is 3.39. The SMILES string of the molecule is COC1=CC2[C@H]3N(C)CC[C@]2(CC1=O)c1c(ccc(O)c1O)C31C[C@H]1C(C)=O. The lowest BCUT2D eigenvalue weighted by Crippen LogP contribution is -2.64. The lowest BCUT2D eigenvalue weighted by Gasteiger charge is -2.60. The summed E-state index contributed by atoms with van der Waals surface area (Å²) in [4.78, 5) is 27.5. The second-order valence-corrected chi connectivity index (χ2v) is 8.96. The Morgan fingerprint density at radius 3 is 2.71 bits per heavy atom. The van der Waals surface area contributed by atoms with Crippen LogP contribution in [0.3, 0.4) is 0 Å². The lowest BCUT2D eigenvalue weighted by atomic mass is 9.49. The molecule has 6 heteroatoms. The quantitative estimate of drug-likeness (QED) is 0.760. The molecule has 1 spiro atoms. The normalized spacial score (nSPS) is 38.5. The monoisotopic (exact) mass is 383 g/mol. The zero-order valence-corrected chi connectivity index (χ0v) is 16.4. The summed E-state index contributed by atoms with van der Waals surface area (Å²) in [5, 5.41) is 21.2. The van der Waals surface area contributed by atoms with E-state index in [1.54, 1.807) is 6.92 Å². The van der Waals surface area contributed by atoms with Crippen molar-refractivity contribution >= 4 is 11.6 Å². The van der Waals surface area contributed by atoms with E-state index in [9.17, 15) is 19.8 Å². The molecule has 0 amide bonds. The smallest absolute Gasteiger partial charge is 0.197 e. The number of ketones is 2. The summed E-state index contributed by atoms with van der Waals surface area (Å²) in [6, 6.07) is 3.42. The topological polar surface area (TPSA) is 87.1 Å². The zero-order valence-electron chi connectivity index (χ0n) is 16.4. The van der Waals surface area contributed by atoms with E-state index in [0.29, 0.717) is 17.7 Å². The second-order valence-electron chi connectivity index (χ2n) is 8.96. The van der Waals surface area contributed by atoms with Crippen LogP contribution in [0.1, 0.15) is 37.3 Å². The van der Waals surface area contributed by atoms with Crippen molar-refractivity contribution in [3.05, 3.63) is 35.1 Å². The summed E-state index contributed by atoms with van der Waals surface area (Å²) >= 11 is 0. The minimum absolute atomic E-state index is 0.0462. The number of likely N-dealkylation sites (N-methyl/N-ethyl adjacent to an activating group) is 1. The van der Waals surface area contributed by atoms with E-state index in [2.05, 4.69) is 11.9 Å². The number of methoxy groups -OCH3 is 1. The molecule has 2 unspecified atom stereocenters. The van der Waals surface area contributed by atoms with Crippen molar-refractivity contribution in [3.63, 3.8) is 0 Å². The van der Waals surface area contributed by atoms with Gasteiger partial charge in [0, 0.05) is 40.7 Å². The first kappa shape index (κ1) is 17.7. The molecule has 3 aliphatic carbocycles. The number of likely N-dealkylation sites (tertiary alicyclic amines) is 1. The number of ether oxygens (including phenoxy) is 1. The summed E-state index contributed by atoms with van der Waals surface area (Å²) < 4.78 is 5.37. The number of fused-ring (bicyclic) bond motifs is 3. The minimum Gasteiger partial charge on any atom is -0.504 e. The molecule has 1 saturated carbocycles. The Balaban J connectivity index is 1.85. The molecule has 2 bridgehead atoms. The number of benzene rings is 1. The van der Waals surface area contributed by atoms with Crippen LogP contribution in [0.4, 0.5) is 0 Å². The fourth-order valence-electron chi connectivity index (χ4n) is 6.66. The molecule has 5 rings (SSSR count). The number of Topliss-reactive ketones (excluding diaryl/α,β-unsaturated/α-hetero) is 2. The standard InChI is InChI=1S/C22H25NO5/c1-11(24)14-9-22(14)12-4-5-15(25)19(27)18(12)21-6-7-23(2)20(22)13(21)8-17(28-3)16(26)10-21/h4-5,8,13-14,20,25,27H,6-7,9-10H2,1-3H3/t13?,14-,20+,21+,22?/m0/s1. The molecule has 0 aromatic heterocycles. The summed E-state index contributed by atoms with van der Waals surface area (Å²) in [5.41, 5.74) is 0.623. The predicted octanol–water partition coefficient (Wildman–Crippen LogP) is 2.02. The molecule has 6 nitrogen and oxygen atoms in total. The maximum Gasteiger partial charge on any atom is 0.197 e. The molecule has 2 N–H and O–H groups in total. The largest absolute Gasteiger partial charge is 0.504 e. The predicted molar refractivity (Wildman–Crippen MR) is 101 cm³/mol. The van der Waals surface area contributed by atoms with Crippen LogP contribution >= 0.6 is 0 Å². The number of carbonyl (C=O) groups excluding carboxylic acids is 2. The van der Waals surface area contributed by atoms with Gasteiger partial charge >= 0.3 is 0 Å². The van der Waals surface area contributed by atoms with E-state index in [0.717, 1.165) is 18.5 Å². The van der Waals surface area contributed by atoms with Gasteiger partial charge in [0.1, 0.15) is 5.78 Å². The highest BCUT2D eigenvalue weighted by Crippen LogP contribution is 2.71. The van der Waals surface area contributed by atoms with E-state index in [-0.39, 0.29) is 47.4 Å². The van der Waals surface area contributed by atoms with Gasteiger partial charge in [-0.2, -0.15) is 0 Å². The number of hydrogen-bond donors (Lipinski definition) is 2. The molecule has 4 aliphatic rings. The van der Waals surface area contributed by atoms with Crippen molar-refractivity contribution in [3.8, 4) is 11.5 Å². The zero-order chi connectivity index (χ0) is 20.0. The fourth-order valence-corrected chi connectivity index (χ4v) is 6.66. The maximum absolute atomic E-state index is 12.8. The maximum atomic E-state index is 12.8. The van der Waals surface area contributed by atoms with Gasteiger partial charge in [-0.15, -0.1) is 0 Å². The van der Waals surface area contributed by atoms with Crippen molar-refractivity contribution in [1.82, 2.24) is 4.90 Å². The first-order valence-corrected chi connectivity index (χ1v) is 9.83. The molecule has 1 saturated heterocycles. The summed E-state index contributed by atoms with van der Waals surface area (Å²) in [6.07, 6.45) is 3.59. The number of phenols is 2. The highest BCUT2D eigenvalue weighted by atomic mass is 16.5. The van der Waals surface area contributed by atoms with E-state index in [1.807, 2.05) is 12.1 Å². The first-order chi connectivity index (χ1) is 13.3. The molecule has 1 aromatic rings. The van der Waals surface area contributed by atoms with Crippen LogP contribution in [-0.2, 0) is 25.2 Å². The Labute approximate surface area is 163 Å². The number of nitrogens with zero attached hydrogens (tertiary/aromatic N) is 1. The van der Waals surface area contributed by atoms with E-state index in [1.165, 1.54) is 13.2 Å². The molecule has 1 heterocycles. The minimum atomic E-state index is -0.580. The molecule has 28 heavy (non-hydrogen) atoms. The number of phenolic OH excluding ortho intramolecular Hbond substituents is 2. The van der Waals surface area contributed by atoms with Crippen molar-refractivity contribution in [2.45, 2.75) is 43.1 Å². The highest BCUT2D eigenvalue weighted by Gasteiger charge is 2.72. The van der Waals surface area contributed by atoms with Gasteiger partial charge in [0.2, 0.25) is 0 Å².